The van der Waals surface area contributed by atoms with Crippen molar-refractivity contribution >= 4 is 16.5 Å². The highest BCUT2D eigenvalue weighted by molar-refractivity contribution is 7.13. The van der Waals surface area contributed by atoms with Crippen molar-refractivity contribution in [2.24, 2.45) is 5.73 Å². The number of piperazine rings is 1. The van der Waals surface area contributed by atoms with E-state index in [1.165, 1.54) is 19.3 Å². The summed E-state index contributed by atoms with van der Waals surface area (Å²) in [7, 11) is 0. The van der Waals surface area contributed by atoms with Crippen LogP contribution in [0.15, 0.2) is 11.6 Å². The van der Waals surface area contributed by atoms with Crippen LogP contribution in [-0.2, 0) is 0 Å². The molecule has 0 aliphatic carbocycles. The second-order valence-corrected chi connectivity index (χ2v) is 5.74. The fourth-order valence-electron chi connectivity index (χ4n) is 2.54. The molecule has 5 heteroatoms. The first kappa shape index (κ1) is 13.8. The second kappa shape index (κ2) is 7.07. The predicted molar refractivity (Wildman–Crippen MR) is 78.3 cm³/mol. The van der Waals surface area contributed by atoms with E-state index >= 15 is 0 Å². The zero-order valence-corrected chi connectivity index (χ0v) is 12.0. The third kappa shape index (κ3) is 3.43. The molecule has 18 heavy (non-hydrogen) atoms. The van der Waals surface area contributed by atoms with Gasteiger partial charge in [0.25, 0.3) is 0 Å². The highest BCUT2D eigenvalue weighted by atomic mass is 32.1. The van der Waals surface area contributed by atoms with Crippen LogP contribution in [0, 0.1) is 0 Å². The van der Waals surface area contributed by atoms with Gasteiger partial charge in [0, 0.05) is 50.3 Å². The topological polar surface area (TPSA) is 45.4 Å². The summed E-state index contributed by atoms with van der Waals surface area (Å²) in [6.45, 7) is 7.42. The number of rotatable bonds is 6. The maximum absolute atomic E-state index is 5.91. The van der Waals surface area contributed by atoms with Crippen LogP contribution in [0.2, 0.25) is 0 Å². The van der Waals surface area contributed by atoms with Crippen LogP contribution in [0.25, 0.3) is 0 Å². The van der Waals surface area contributed by atoms with Crippen molar-refractivity contribution in [3.05, 3.63) is 11.6 Å². The molecule has 1 aliphatic heterocycles. The molecule has 2 N–H and O–H groups in total. The lowest BCUT2D eigenvalue weighted by molar-refractivity contribution is 0.178. The van der Waals surface area contributed by atoms with Gasteiger partial charge in [0.05, 0.1) is 0 Å². The largest absolute Gasteiger partial charge is 0.346 e. The van der Waals surface area contributed by atoms with Crippen LogP contribution < -0.4 is 10.6 Å². The minimum atomic E-state index is 0.573. The Morgan fingerprint density at radius 3 is 2.72 bits per heavy atom. The van der Waals surface area contributed by atoms with Gasteiger partial charge in [0.1, 0.15) is 0 Å². The van der Waals surface area contributed by atoms with Crippen molar-refractivity contribution in [1.29, 1.82) is 0 Å². The summed E-state index contributed by atoms with van der Waals surface area (Å²) in [6, 6.07) is 0.573. The zero-order valence-electron chi connectivity index (χ0n) is 11.2. The lowest BCUT2D eigenvalue weighted by Gasteiger charge is -2.39. The molecular formula is C13H24N4S. The quantitative estimate of drug-likeness (QED) is 0.854. The Hall–Kier alpha value is -0.650. The van der Waals surface area contributed by atoms with Crippen LogP contribution >= 0.6 is 11.3 Å². The van der Waals surface area contributed by atoms with Gasteiger partial charge >= 0.3 is 0 Å². The molecule has 0 spiro atoms. The summed E-state index contributed by atoms with van der Waals surface area (Å²) in [5, 5.41) is 3.21. The summed E-state index contributed by atoms with van der Waals surface area (Å²) in [6.07, 6.45) is 5.67. The van der Waals surface area contributed by atoms with Crippen molar-refractivity contribution in [2.45, 2.75) is 32.2 Å². The monoisotopic (exact) mass is 268 g/mol. The average Bonchev–Trinajstić information content (AvgIpc) is 2.94. The molecule has 1 unspecified atom stereocenters. The van der Waals surface area contributed by atoms with Crippen molar-refractivity contribution in [1.82, 2.24) is 9.88 Å². The minimum absolute atomic E-state index is 0.573. The van der Waals surface area contributed by atoms with E-state index in [1.54, 1.807) is 11.3 Å². The number of nitrogens with zero attached hydrogens (tertiary/aromatic N) is 3. The molecule has 1 fully saturated rings. The molecule has 0 saturated carbocycles. The van der Waals surface area contributed by atoms with Crippen LogP contribution in [-0.4, -0.2) is 48.6 Å². The molecule has 0 amide bonds. The maximum Gasteiger partial charge on any atom is 0.185 e. The molecule has 2 heterocycles. The normalized spacial score (nSPS) is 19.1. The third-order valence-corrected chi connectivity index (χ3v) is 4.52. The number of aromatic nitrogens is 1. The van der Waals surface area contributed by atoms with Gasteiger partial charge in [-0.3, -0.25) is 4.90 Å². The molecule has 1 saturated heterocycles. The predicted octanol–water partition coefficient (Wildman–Crippen LogP) is 1.78. The van der Waals surface area contributed by atoms with Crippen LogP contribution in [0.4, 0.5) is 5.13 Å². The smallest absolute Gasteiger partial charge is 0.185 e. The Morgan fingerprint density at radius 2 is 2.17 bits per heavy atom. The van der Waals surface area contributed by atoms with Gasteiger partial charge < -0.3 is 10.6 Å². The first-order valence-electron chi connectivity index (χ1n) is 6.93. The summed E-state index contributed by atoms with van der Waals surface area (Å²) < 4.78 is 0. The zero-order chi connectivity index (χ0) is 12.8. The Morgan fingerprint density at radius 1 is 1.39 bits per heavy atom. The number of thiazole rings is 1. The first-order chi connectivity index (χ1) is 8.85. The van der Waals surface area contributed by atoms with Gasteiger partial charge in [0.15, 0.2) is 5.13 Å². The first-order valence-corrected chi connectivity index (χ1v) is 7.81. The maximum atomic E-state index is 5.91. The molecule has 102 valence electrons. The number of anilines is 1. The second-order valence-electron chi connectivity index (χ2n) is 4.87. The Bertz CT molecular complexity index is 320. The summed E-state index contributed by atoms with van der Waals surface area (Å²) in [5.41, 5.74) is 5.91. The number of hydrogen-bond acceptors (Lipinski definition) is 5. The van der Waals surface area contributed by atoms with Gasteiger partial charge in [-0.2, -0.15) is 0 Å². The average molecular weight is 268 g/mol. The molecule has 0 radical (unpaired) electrons. The van der Waals surface area contributed by atoms with E-state index in [-0.39, 0.29) is 0 Å². The van der Waals surface area contributed by atoms with Gasteiger partial charge in [-0.15, -0.1) is 11.3 Å². The number of hydrogen-bond donors (Lipinski definition) is 1. The van der Waals surface area contributed by atoms with Crippen molar-refractivity contribution in [2.75, 3.05) is 37.6 Å². The third-order valence-electron chi connectivity index (χ3n) is 3.68. The number of nitrogens with two attached hydrogens (primary N) is 1. The molecule has 1 aromatic rings. The van der Waals surface area contributed by atoms with Crippen molar-refractivity contribution < 1.29 is 0 Å². The Kier molecular flexibility index (Phi) is 5.41. The van der Waals surface area contributed by atoms with Gasteiger partial charge in [-0.05, 0) is 6.42 Å². The van der Waals surface area contributed by atoms with E-state index < -0.39 is 0 Å². The Balaban J connectivity index is 1.81. The van der Waals surface area contributed by atoms with Crippen molar-refractivity contribution in [3.8, 4) is 0 Å². The standard InChI is InChI=1S/C13H24N4S/c1-2-3-4-12(11-14)16-6-8-17(9-7-16)13-15-5-10-18-13/h5,10,12H,2-4,6-9,11,14H2,1H3. The number of unbranched alkanes of at least 4 members (excludes halogenated alkanes) is 1. The van der Waals surface area contributed by atoms with Crippen LogP contribution in [0.1, 0.15) is 26.2 Å². The van der Waals surface area contributed by atoms with Gasteiger partial charge in [-0.1, -0.05) is 19.8 Å². The van der Waals surface area contributed by atoms with Crippen molar-refractivity contribution in [3.63, 3.8) is 0 Å². The van der Waals surface area contributed by atoms with E-state index in [1.807, 2.05) is 11.6 Å². The molecule has 1 aliphatic rings. The minimum Gasteiger partial charge on any atom is -0.346 e. The van der Waals surface area contributed by atoms with E-state index in [9.17, 15) is 0 Å². The van der Waals surface area contributed by atoms with E-state index in [0.29, 0.717) is 6.04 Å². The van der Waals surface area contributed by atoms with E-state index in [4.69, 9.17) is 5.73 Å². The molecular weight excluding hydrogens is 244 g/mol. The molecule has 1 aromatic heterocycles. The summed E-state index contributed by atoms with van der Waals surface area (Å²) in [5.74, 6) is 0. The highest BCUT2D eigenvalue weighted by Gasteiger charge is 2.23. The van der Waals surface area contributed by atoms with E-state index in [2.05, 4.69) is 21.7 Å². The molecule has 1 atom stereocenters. The SMILES string of the molecule is CCCCC(CN)N1CCN(c2nccs2)CC1. The van der Waals surface area contributed by atoms with Gasteiger partial charge in [-0.25, -0.2) is 4.98 Å². The molecule has 0 bridgehead atoms. The Labute approximate surface area is 114 Å². The van der Waals surface area contributed by atoms with Crippen LogP contribution in [0.3, 0.4) is 0 Å². The lowest BCUT2D eigenvalue weighted by Crippen LogP contribution is -2.52. The van der Waals surface area contributed by atoms with Crippen LogP contribution in [0.5, 0.6) is 0 Å². The molecule has 4 nitrogen and oxygen atoms in total. The van der Waals surface area contributed by atoms with Gasteiger partial charge in [0.2, 0.25) is 0 Å². The molecule has 2 rings (SSSR count). The fraction of sp³-hybridized carbons (Fsp3) is 0.769. The van der Waals surface area contributed by atoms with E-state index in [0.717, 1.165) is 37.9 Å². The lowest BCUT2D eigenvalue weighted by atomic mass is 10.1. The molecule has 0 aromatic carbocycles. The highest BCUT2D eigenvalue weighted by Crippen LogP contribution is 2.20. The summed E-state index contributed by atoms with van der Waals surface area (Å²) in [4.78, 5) is 9.32. The fourth-order valence-corrected chi connectivity index (χ4v) is 3.24. The summed E-state index contributed by atoms with van der Waals surface area (Å²) >= 11 is 1.73.